The van der Waals surface area contributed by atoms with E-state index in [0.717, 1.165) is 9.87 Å². The summed E-state index contributed by atoms with van der Waals surface area (Å²) >= 11 is 0. The maximum absolute atomic E-state index is 11.4. The topological polar surface area (TPSA) is 74.7 Å². The molecular weight excluding hydrogens is 230 g/mol. The van der Waals surface area contributed by atoms with Gasteiger partial charge in [0.25, 0.3) is 0 Å². The summed E-state index contributed by atoms with van der Waals surface area (Å²) in [7, 11) is -4.40. The van der Waals surface area contributed by atoms with Crippen LogP contribution in [-0.4, -0.2) is 24.8 Å². The largest absolute Gasteiger partial charge is 0.360 e. The highest BCUT2D eigenvalue weighted by Gasteiger charge is 2.38. The Balaban J connectivity index is 2.57. The Bertz CT molecular complexity index is 538. The number of benzene rings is 1. The van der Waals surface area contributed by atoms with Crippen molar-refractivity contribution in [3.8, 4) is 0 Å². The van der Waals surface area contributed by atoms with Crippen molar-refractivity contribution < 1.29 is 17.8 Å². The van der Waals surface area contributed by atoms with Gasteiger partial charge in [-0.1, -0.05) is 18.2 Å². The van der Waals surface area contributed by atoms with E-state index in [1.165, 1.54) is 6.92 Å². The molecule has 5 nitrogen and oxygen atoms in total. The molecule has 0 aliphatic carbocycles. The first kappa shape index (κ1) is 11.1. The van der Waals surface area contributed by atoms with Gasteiger partial charge >= 0.3 is 10.3 Å². The number of hydrogen-bond acceptors (Lipinski definition) is 3. The van der Waals surface area contributed by atoms with E-state index in [1.54, 1.807) is 24.3 Å². The van der Waals surface area contributed by atoms with Gasteiger partial charge in [-0.15, -0.1) is 0 Å². The number of carbonyl (C=O) groups is 1. The highest BCUT2D eigenvalue weighted by Crippen LogP contribution is 2.34. The lowest BCUT2D eigenvalue weighted by molar-refractivity contribution is -0.117. The van der Waals surface area contributed by atoms with Gasteiger partial charge in [0.1, 0.15) is 6.04 Å². The van der Waals surface area contributed by atoms with Crippen LogP contribution in [0.3, 0.4) is 0 Å². The highest BCUT2D eigenvalue weighted by molar-refractivity contribution is 7.87. The summed E-state index contributed by atoms with van der Waals surface area (Å²) in [6.45, 7) is 1.31. The number of fused-ring (bicyclic) bond motifs is 1. The third-order valence-electron chi connectivity index (χ3n) is 2.64. The van der Waals surface area contributed by atoms with Crippen LogP contribution < -0.4 is 4.31 Å². The van der Waals surface area contributed by atoms with Gasteiger partial charge in [0.05, 0.1) is 5.69 Å². The molecule has 1 heterocycles. The Morgan fingerprint density at radius 2 is 2.06 bits per heavy atom. The van der Waals surface area contributed by atoms with E-state index in [9.17, 15) is 13.2 Å². The molecule has 1 aliphatic rings. The predicted octanol–water partition coefficient (Wildman–Crippen LogP) is 0.810. The first-order valence-electron chi connectivity index (χ1n) is 4.76. The average Bonchev–Trinajstić information content (AvgIpc) is 2.55. The second kappa shape index (κ2) is 3.57. The Kier molecular flexibility index (Phi) is 2.47. The Morgan fingerprint density at radius 3 is 2.62 bits per heavy atom. The molecule has 1 atom stereocenters. The number of Topliss-reactive ketones (excluding diaryl/α,β-unsaturated/α-hetero) is 1. The fourth-order valence-electron chi connectivity index (χ4n) is 1.95. The standard InChI is InChI=1S/C10H11NO4S/c1-7(12)10-6-8-4-2-3-5-9(8)11(10)16(13,14)15/h2-5,10H,6H2,1H3,(H,13,14,15). The van der Waals surface area contributed by atoms with Gasteiger partial charge in [-0.05, 0) is 18.6 Å². The van der Waals surface area contributed by atoms with E-state index in [-0.39, 0.29) is 5.78 Å². The molecule has 0 aromatic heterocycles. The van der Waals surface area contributed by atoms with Crippen molar-refractivity contribution in [1.82, 2.24) is 0 Å². The van der Waals surface area contributed by atoms with Crippen molar-refractivity contribution in [3.63, 3.8) is 0 Å². The average molecular weight is 241 g/mol. The Hall–Kier alpha value is -1.40. The van der Waals surface area contributed by atoms with Gasteiger partial charge in [-0.3, -0.25) is 9.35 Å². The number of ketones is 1. The van der Waals surface area contributed by atoms with Crippen LogP contribution in [0.5, 0.6) is 0 Å². The molecule has 0 fully saturated rings. The van der Waals surface area contributed by atoms with Crippen molar-refractivity contribution in [1.29, 1.82) is 0 Å². The second-order valence-corrected chi connectivity index (χ2v) is 5.02. The van der Waals surface area contributed by atoms with Crippen molar-refractivity contribution >= 4 is 21.8 Å². The van der Waals surface area contributed by atoms with Crippen LogP contribution in [0, 0.1) is 0 Å². The molecule has 1 unspecified atom stereocenters. The normalized spacial score (nSPS) is 19.6. The molecule has 1 aliphatic heterocycles. The van der Waals surface area contributed by atoms with Crippen LogP contribution >= 0.6 is 0 Å². The van der Waals surface area contributed by atoms with Gasteiger partial charge in [0.2, 0.25) is 0 Å². The van der Waals surface area contributed by atoms with Crippen LogP contribution in [0.4, 0.5) is 5.69 Å². The summed E-state index contributed by atoms with van der Waals surface area (Å²) in [6, 6.07) is 5.93. The van der Waals surface area contributed by atoms with Crippen LogP contribution in [0.15, 0.2) is 24.3 Å². The summed E-state index contributed by atoms with van der Waals surface area (Å²) in [4.78, 5) is 11.4. The number of rotatable bonds is 2. The maximum atomic E-state index is 11.4. The quantitative estimate of drug-likeness (QED) is 0.777. The number of carbonyl (C=O) groups excluding carboxylic acids is 1. The number of hydrogen-bond donors (Lipinski definition) is 1. The smallest absolute Gasteiger partial charge is 0.298 e. The molecule has 6 heteroatoms. The van der Waals surface area contributed by atoms with Crippen molar-refractivity contribution in [3.05, 3.63) is 29.8 Å². The Morgan fingerprint density at radius 1 is 1.44 bits per heavy atom. The van der Waals surface area contributed by atoms with Crippen molar-refractivity contribution in [2.24, 2.45) is 0 Å². The fraction of sp³-hybridized carbons (Fsp3) is 0.300. The predicted molar refractivity (Wildman–Crippen MR) is 58.6 cm³/mol. The molecule has 1 aromatic carbocycles. The van der Waals surface area contributed by atoms with Crippen molar-refractivity contribution in [2.75, 3.05) is 4.31 Å². The van der Waals surface area contributed by atoms with E-state index in [1.807, 2.05) is 0 Å². The highest BCUT2D eigenvalue weighted by atomic mass is 32.2. The van der Waals surface area contributed by atoms with E-state index >= 15 is 0 Å². The van der Waals surface area contributed by atoms with Crippen LogP contribution in [0.2, 0.25) is 0 Å². The number of anilines is 1. The van der Waals surface area contributed by atoms with Gasteiger partial charge in [0.15, 0.2) is 5.78 Å². The molecule has 16 heavy (non-hydrogen) atoms. The molecule has 0 radical (unpaired) electrons. The fourth-order valence-corrected chi connectivity index (χ4v) is 2.92. The first-order valence-corrected chi connectivity index (χ1v) is 6.16. The zero-order valence-corrected chi connectivity index (χ0v) is 9.44. The molecule has 1 aromatic rings. The molecule has 0 bridgehead atoms. The molecular formula is C10H11NO4S. The third kappa shape index (κ3) is 1.70. The minimum absolute atomic E-state index is 0.283. The van der Waals surface area contributed by atoms with E-state index in [2.05, 4.69) is 0 Å². The van der Waals surface area contributed by atoms with Gasteiger partial charge in [-0.25, -0.2) is 4.31 Å². The van der Waals surface area contributed by atoms with E-state index < -0.39 is 16.3 Å². The minimum atomic E-state index is -4.40. The van der Waals surface area contributed by atoms with E-state index in [4.69, 9.17) is 4.55 Å². The number of para-hydroxylation sites is 1. The number of nitrogens with zero attached hydrogens (tertiary/aromatic N) is 1. The van der Waals surface area contributed by atoms with Crippen LogP contribution in [-0.2, 0) is 21.5 Å². The minimum Gasteiger partial charge on any atom is -0.298 e. The third-order valence-corrected chi connectivity index (χ3v) is 3.59. The van der Waals surface area contributed by atoms with Crippen LogP contribution in [0.1, 0.15) is 12.5 Å². The first-order chi connectivity index (χ1) is 7.41. The van der Waals surface area contributed by atoms with Crippen molar-refractivity contribution in [2.45, 2.75) is 19.4 Å². The second-order valence-electron chi connectivity index (χ2n) is 3.73. The molecule has 1 N–H and O–H groups in total. The van der Waals surface area contributed by atoms with E-state index in [0.29, 0.717) is 12.1 Å². The van der Waals surface area contributed by atoms with Gasteiger partial charge < -0.3 is 0 Å². The Labute approximate surface area is 93.6 Å². The summed E-state index contributed by atoms with van der Waals surface area (Å²) in [5.41, 5.74) is 1.13. The monoisotopic (exact) mass is 241 g/mol. The lowest BCUT2D eigenvalue weighted by Gasteiger charge is -2.21. The lowest BCUT2D eigenvalue weighted by Crippen LogP contribution is -2.41. The molecule has 0 saturated carbocycles. The van der Waals surface area contributed by atoms with Gasteiger partial charge in [0, 0.05) is 6.42 Å². The zero-order chi connectivity index (χ0) is 11.9. The molecule has 2 rings (SSSR count). The zero-order valence-electron chi connectivity index (χ0n) is 8.62. The summed E-state index contributed by atoms with van der Waals surface area (Å²) < 4.78 is 32.4. The molecule has 0 amide bonds. The molecule has 0 saturated heterocycles. The maximum Gasteiger partial charge on any atom is 0.360 e. The van der Waals surface area contributed by atoms with Gasteiger partial charge in [-0.2, -0.15) is 8.42 Å². The van der Waals surface area contributed by atoms with Crippen LogP contribution in [0.25, 0.3) is 0 Å². The summed E-state index contributed by atoms with van der Waals surface area (Å²) in [5, 5.41) is 0. The summed E-state index contributed by atoms with van der Waals surface area (Å²) in [6.07, 6.45) is 0.311. The SMILES string of the molecule is CC(=O)C1Cc2ccccc2N1S(=O)(=O)O. The molecule has 86 valence electrons. The summed E-state index contributed by atoms with van der Waals surface area (Å²) in [5.74, 6) is -0.283. The molecule has 0 spiro atoms. The lowest BCUT2D eigenvalue weighted by atomic mass is 10.1.